The number of hydrogen-bond acceptors (Lipinski definition) is 5. The first-order valence-corrected chi connectivity index (χ1v) is 8.46. The van der Waals surface area contributed by atoms with E-state index in [2.05, 4.69) is 5.32 Å². The summed E-state index contributed by atoms with van der Waals surface area (Å²) < 4.78 is 11.0. The van der Waals surface area contributed by atoms with Gasteiger partial charge in [-0.1, -0.05) is 18.2 Å². The first kappa shape index (κ1) is 18.9. The quantitative estimate of drug-likeness (QED) is 0.484. The molecule has 0 radical (unpaired) electrons. The molecule has 0 atom stereocenters. The highest BCUT2D eigenvalue weighted by Gasteiger charge is 2.18. The third-order valence-corrected chi connectivity index (χ3v) is 4.16. The van der Waals surface area contributed by atoms with Crippen LogP contribution in [-0.4, -0.2) is 17.9 Å². The van der Waals surface area contributed by atoms with Gasteiger partial charge in [0.25, 0.3) is 11.6 Å². The molecule has 28 heavy (non-hydrogen) atoms. The SMILES string of the molecule is COc1ccccc1Oc1ccc(NC(=O)c2cccc([N+](=O)[O-])c2C)cc1. The van der Waals surface area contributed by atoms with Crippen LogP contribution in [0.4, 0.5) is 11.4 Å². The highest BCUT2D eigenvalue weighted by Crippen LogP contribution is 2.31. The van der Waals surface area contributed by atoms with E-state index in [1.54, 1.807) is 56.5 Å². The lowest BCUT2D eigenvalue weighted by atomic mass is 10.1. The number of amides is 1. The number of carbonyl (C=O) groups is 1. The van der Waals surface area contributed by atoms with Crippen LogP contribution in [0, 0.1) is 17.0 Å². The smallest absolute Gasteiger partial charge is 0.273 e. The van der Waals surface area contributed by atoms with Crippen LogP contribution < -0.4 is 14.8 Å². The summed E-state index contributed by atoms with van der Waals surface area (Å²) in [6.45, 7) is 1.55. The minimum atomic E-state index is -0.504. The number of para-hydroxylation sites is 2. The minimum Gasteiger partial charge on any atom is -0.493 e. The molecular weight excluding hydrogens is 360 g/mol. The van der Waals surface area contributed by atoms with Gasteiger partial charge in [-0.25, -0.2) is 0 Å². The maximum absolute atomic E-state index is 12.5. The van der Waals surface area contributed by atoms with Gasteiger partial charge in [-0.05, 0) is 49.4 Å². The number of carbonyl (C=O) groups excluding carboxylic acids is 1. The number of nitro groups is 1. The maximum Gasteiger partial charge on any atom is 0.273 e. The molecule has 0 aliphatic heterocycles. The van der Waals surface area contributed by atoms with Crippen molar-refractivity contribution in [3.05, 3.63) is 88.0 Å². The number of benzene rings is 3. The number of methoxy groups -OCH3 is 1. The van der Waals surface area contributed by atoms with E-state index >= 15 is 0 Å². The van der Waals surface area contributed by atoms with Gasteiger partial charge in [0.1, 0.15) is 5.75 Å². The molecule has 0 aliphatic carbocycles. The minimum absolute atomic E-state index is 0.0896. The highest BCUT2D eigenvalue weighted by molar-refractivity contribution is 6.05. The molecule has 0 bridgehead atoms. The summed E-state index contributed by atoms with van der Waals surface area (Å²) in [5, 5.41) is 13.8. The van der Waals surface area contributed by atoms with E-state index in [0.29, 0.717) is 28.5 Å². The lowest BCUT2D eigenvalue weighted by molar-refractivity contribution is -0.385. The number of hydrogen-bond donors (Lipinski definition) is 1. The molecule has 0 fully saturated rings. The van der Waals surface area contributed by atoms with E-state index in [1.807, 2.05) is 12.1 Å². The summed E-state index contributed by atoms with van der Waals surface area (Å²) in [6.07, 6.45) is 0. The van der Waals surface area contributed by atoms with E-state index in [1.165, 1.54) is 12.1 Å². The number of nitrogens with one attached hydrogen (secondary N) is 1. The third-order valence-electron chi connectivity index (χ3n) is 4.16. The van der Waals surface area contributed by atoms with E-state index in [4.69, 9.17) is 9.47 Å². The molecular formula is C21H18N2O5. The van der Waals surface area contributed by atoms with Gasteiger partial charge in [-0.3, -0.25) is 14.9 Å². The molecule has 3 rings (SSSR count). The van der Waals surface area contributed by atoms with Crippen molar-refractivity contribution in [2.45, 2.75) is 6.92 Å². The van der Waals surface area contributed by atoms with Crippen LogP contribution in [0.1, 0.15) is 15.9 Å². The van der Waals surface area contributed by atoms with E-state index in [9.17, 15) is 14.9 Å². The molecule has 0 aliphatic rings. The number of ether oxygens (including phenoxy) is 2. The zero-order valence-corrected chi connectivity index (χ0v) is 15.3. The Kier molecular flexibility index (Phi) is 5.55. The number of nitro benzene ring substituents is 1. The summed E-state index contributed by atoms with van der Waals surface area (Å²) in [6, 6.07) is 18.5. The second kappa shape index (κ2) is 8.22. The maximum atomic E-state index is 12.5. The summed E-state index contributed by atoms with van der Waals surface area (Å²) in [4.78, 5) is 23.0. The third kappa shape index (κ3) is 4.09. The molecule has 0 saturated carbocycles. The van der Waals surface area contributed by atoms with Crippen molar-refractivity contribution in [1.82, 2.24) is 0 Å². The molecule has 3 aromatic rings. The van der Waals surface area contributed by atoms with Gasteiger partial charge in [0.05, 0.1) is 12.0 Å². The fraction of sp³-hybridized carbons (Fsp3) is 0.0952. The van der Waals surface area contributed by atoms with Crippen molar-refractivity contribution in [3.8, 4) is 17.2 Å². The van der Waals surface area contributed by atoms with Gasteiger partial charge < -0.3 is 14.8 Å². The summed E-state index contributed by atoms with van der Waals surface area (Å²) in [5.74, 6) is 1.35. The monoisotopic (exact) mass is 378 g/mol. The van der Waals surface area contributed by atoms with Crippen LogP contribution in [0.15, 0.2) is 66.7 Å². The van der Waals surface area contributed by atoms with Gasteiger partial charge in [-0.15, -0.1) is 0 Å². The number of nitrogens with zero attached hydrogens (tertiary/aromatic N) is 1. The molecule has 7 nitrogen and oxygen atoms in total. The molecule has 0 heterocycles. The molecule has 0 saturated heterocycles. The van der Waals surface area contributed by atoms with Crippen molar-refractivity contribution in [1.29, 1.82) is 0 Å². The second-order valence-electron chi connectivity index (χ2n) is 5.94. The van der Waals surface area contributed by atoms with Crippen molar-refractivity contribution >= 4 is 17.3 Å². The van der Waals surface area contributed by atoms with Crippen molar-refractivity contribution in [2.24, 2.45) is 0 Å². The highest BCUT2D eigenvalue weighted by atomic mass is 16.6. The number of rotatable bonds is 6. The van der Waals surface area contributed by atoms with E-state index < -0.39 is 10.8 Å². The van der Waals surface area contributed by atoms with Crippen LogP contribution in [0.3, 0.4) is 0 Å². The lowest BCUT2D eigenvalue weighted by Gasteiger charge is -2.11. The summed E-state index contributed by atoms with van der Waals surface area (Å²) in [7, 11) is 1.57. The number of anilines is 1. The Bertz CT molecular complexity index is 1020. The van der Waals surface area contributed by atoms with Crippen LogP contribution in [0.5, 0.6) is 17.2 Å². The average Bonchev–Trinajstić information content (AvgIpc) is 2.69. The molecule has 0 unspecified atom stereocenters. The molecule has 7 heteroatoms. The Morgan fingerprint density at radius 1 is 0.964 bits per heavy atom. The van der Waals surface area contributed by atoms with Crippen LogP contribution in [0.25, 0.3) is 0 Å². The predicted octanol–water partition coefficient (Wildman–Crippen LogP) is 4.96. The van der Waals surface area contributed by atoms with Crippen molar-refractivity contribution in [3.63, 3.8) is 0 Å². The van der Waals surface area contributed by atoms with Gasteiger partial charge in [0.15, 0.2) is 11.5 Å². The summed E-state index contributed by atoms with van der Waals surface area (Å²) in [5.41, 5.74) is 1.03. The predicted molar refractivity (Wildman–Crippen MR) is 105 cm³/mol. The standard InChI is InChI=1S/C21H18N2O5/c1-14-17(6-5-7-18(14)23(25)26)21(24)22-15-10-12-16(13-11-15)28-20-9-4-3-8-19(20)27-2/h3-13H,1-2H3,(H,22,24). The Morgan fingerprint density at radius 2 is 1.64 bits per heavy atom. The Hall–Kier alpha value is -3.87. The zero-order chi connectivity index (χ0) is 20.1. The molecule has 3 aromatic carbocycles. The van der Waals surface area contributed by atoms with Gasteiger partial charge in [-0.2, -0.15) is 0 Å². The molecule has 1 N–H and O–H groups in total. The van der Waals surface area contributed by atoms with Crippen molar-refractivity contribution in [2.75, 3.05) is 12.4 Å². The Balaban J connectivity index is 1.73. The van der Waals surface area contributed by atoms with Gasteiger partial charge in [0, 0.05) is 22.9 Å². The summed E-state index contributed by atoms with van der Waals surface area (Å²) >= 11 is 0. The van der Waals surface area contributed by atoms with Crippen LogP contribution in [0.2, 0.25) is 0 Å². The molecule has 1 amide bonds. The van der Waals surface area contributed by atoms with Crippen molar-refractivity contribution < 1.29 is 19.2 Å². The molecule has 142 valence electrons. The molecule has 0 spiro atoms. The Morgan fingerprint density at radius 3 is 2.29 bits per heavy atom. The van der Waals surface area contributed by atoms with E-state index in [-0.39, 0.29) is 11.3 Å². The zero-order valence-electron chi connectivity index (χ0n) is 15.3. The van der Waals surface area contributed by atoms with Crippen LogP contribution in [-0.2, 0) is 0 Å². The normalized spacial score (nSPS) is 10.2. The van der Waals surface area contributed by atoms with Gasteiger partial charge in [0.2, 0.25) is 0 Å². The molecule has 0 aromatic heterocycles. The second-order valence-corrected chi connectivity index (χ2v) is 5.94. The Labute approximate surface area is 161 Å². The fourth-order valence-corrected chi connectivity index (χ4v) is 2.70. The lowest BCUT2D eigenvalue weighted by Crippen LogP contribution is -2.14. The fourth-order valence-electron chi connectivity index (χ4n) is 2.70. The van der Waals surface area contributed by atoms with Gasteiger partial charge >= 0.3 is 0 Å². The largest absolute Gasteiger partial charge is 0.493 e. The first-order valence-electron chi connectivity index (χ1n) is 8.46. The average molecular weight is 378 g/mol. The first-order chi connectivity index (χ1) is 13.5. The van der Waals surface area contributed by atoms with Crippen LogP contribution >= 0.6 is 0 Å². The topological polar surface area (TPSA) is 90.7 Å². The van der Waals surface area contributed by atoms with E-state index in [0.717, 1.165) is 0 Å².